The van der Waals surface area contributed by atoms with Gasteiger partial charge in [0.15, 0.2) is 0 Å². The third kappa shape index (κ3) is 4.08. The van der Waals surface area contributed by atoms with Crippen molar-refractivity contribution in [1.82, 2.24) is 15.1 Å². The topological polar surface area (TPSA) is 59.3 Å². The Kier molecular flexibility index (Phi) is 5.98. The van der Waals surface area contributed by atoms with Crippen LogP contribution in [0.1, 0.15) is 22.5 Å². The summed E-state index contributed by atoms with van der Waals surface area (Å²) in [5, 5.41) is 17.0. The molecule has 0 aliphatic heterocycles. The number of aryl methyl sites for hydroxylation is 1. The third-order valence-electron chi connectivity index (χ3n) is 3.89. The van der Waals surface area contributed by atoms with Crippen molar-refractivity contribution < 1.29 is 9.84 Å². The van der Waals surface area contributed by atoms with E-state index in [0.717, 1.165) is 36.6 Å². The summed E-state index contributed by atoms with van der Waals surface area (Å²) in [5.74, 6) is 0.888. The molecule has 0 fully saturated rings. The molecule has 120 valence electrons. The highest BCUT2D eigenvalue weighted by Gasteiger charge is 2.10. The summed E-state index contributed by atoms with van der Waals surface area (Å²) in [5.41, 5.74) is 4.67. The molecule has 0 unspecified atom stereocenters. The van der Waals surface area contributed by atoms with E-state index in [1.807, 2.05) is 23.7 Å². The van der Waals surface area contributed by atoms with Gasteiger partial charge in [-0.25, -0.2) is 0 Å². The van der Waals surface area contributed by atoms with Gasteiger partial charge < -0.3 is 15.2 Å². The Morgan fingerprint density at radius 1 is 1.23 bits per heavy atom. The summed E-state index contributed by atoms with van der Waals surface area (Å²) in [6.07, 6.45) is 0.979. The summed E-state index contributed by atoms with van der Waals surface area (Å²) in [6, 6.07) is 8.16. The maximum Gasteiger partial charge on any atom is 0.118 e. The van der Waals surface area contributed by atoms with E-state index in [0.29, 0.717) is 6.54 Å². The number of aliphatic hydroxyl groups excluding tert-OH is 1. The molecule has 0 aliphatic carbocycles. The molecule has 1 heterocycles. The van der Waals surface area contributed by atoms with E-state index in [9.17, 15) is 0 Å². The van der Waals surface area contributed by atoms with E-state index in [2.05, 4.69) is 29.5 Å². The van der Waals surface area contributed by atoms with Gasteiger partial charge in [-0.05, 0) is 44.5 Å². The molecule has 5 heteroatoms. The number of aliphatic hydroxyl groups is 1. The highest BCUT2D eigenvalue weighted by molar-refractivity contribution is 5.27. The summed E-state index contributed by atoms with van der Waals surface area (Å²) in [6.45, 7) is 6.46. The fourth-order valence-corrected chi connectivity index (χ4v) is 2.54. The number of ether oxygens (including phenoxy) is 1. The van der Waals surface area contributed by atoms with Gasteiger partial charge in [0.25, 0.3) is 0 Å². The van der Waals surface area contributed by atoms with Gasteiger partial charge in [0.1, 0.15) is 5.75 Å². The zero-order chi connectivity index (χ0) is 15.9. The number of hydrogen-bond acceptors (Lipinski definition) is 4. The molecule has 5 nitrogen and oxygen atoms in total. The molecule has 0 atom stereocenters. The Bertz CT molecular complexity index is 591. The first-order chi connectivity index (χ1) is 10.7. The smallest absolute Gasteiger partial charge is 0.118 e. The molecule has 2 rings (SSSR count). The lowest BCUT2D eigenvalue weighted by Crippen LogP contribution is -2.17. The second kappa shape index (κ2) is 7.96. The van der Waals surface area contributed by atoms with Crippen molar-refractivity contribution in [1.29, 1.82) is 0 Å². The van der Waals surface area contributed by atoms with E-state index < -0.39 is 0 Å². The third-order valence-corrected chi connectivity index (χ3v) is 3.89. The summed E-state index contributed by atoms with van der Waals surface area (Å²) in [4.78, 5) is 0. The van der Waals surface area contributed by atoms with Crippen LogP contribution in [0.15, 0.2) is 24.3 Å². The van der Waals surface area contributed by atoms with Crippen LogP contribution < -0.4 is 10.1 Å². The van der Waals surface area contributed by atoms with Crippen LogP contribution in [-0.2, 0) is 19.5 Å². The van der Waals surface area contributed by atoms with E-state index in [4.69, 9.17) is 9.84 Å². The quantitative estimate of drug-likeness (QED) is 0.731. The van der Waals surface area contributed by atoms with Crippen LogP contribution in [0.25, 0.3) is 0 Å². The zero-order valence-corrected chi connectivity index (χ0v) is 13.6. The molecule has 0 aliphatic rings. The number of aromatic nitrogens is 2. The number of nitrogens with zero attached hydrogens (tertiary/aromatic N) is 2. The van der Waals surface area contributed by atoms with Gasteiger partial charge in [0.2, 0.25) is 0 Å². The summed E-state index contributed by atoms with van der Waals surface area (Å²) < 4.78 is 7.03. The largest absolute Gasteiger partial charge is 0.497 e. The van der Waals surface area contributed by atoms with Crippen LogP contribution >= 0.6 is 0 Å². The number of hydrogen-bond donors (Lipinski definition) is 2. The van der Waals surface area contributed by atoms with Gasteiger partial charge in [-0.15, -0.1) is 0 Å². The summed E-state index contributed by atoms with van der Waals surface area (Å²) in [7, 11) is 1.68. The summed E-state index contributed by atoms with van der Waals surface area (Å²) >= 11 is 0. The van der Waals surface area contributed by atoms with Gasteiger partial charge in [-0.1, -0.05) is 12.1 Å². The minimum absolute atomic E-state index is 0.117. The lowest BCUT2D eigenvalue weighted by molar-refractivity contribution is 0.267. The molecule has 0 amide bonds. The first-order valence-corrected chi connectivity index (χ1v) is 7.63. The minimum Gasteiger partial charge on any atom is -0.497 e. The van der Waals surface area contributed by atoms with E-state index in [-0.39, 0.29) is 6.61 Å². The molecule has 0 saturated carbocycles. The van der Waals surface area contributed by atoms with Gasteiger partial charge in [0, 0.05) is 17.8 Å². The molecule has 0 spiro atoms. The van der Waals surface area contributed by atoms with Crippen LogP contribution in [0.4, 0.5) is 0 Å². The fourth-order valence-electron chi connectivity index (χ4n) is 2.54. The number of rotatable bonds is 8. The normalized spacial score (nSPS) is 10.9. The number of methoxy groups -OCH3 is 1. The van der Waals surface area contributed by atoms with E-state index in [1.54, 1.807) is 7.11 Å². The Balaban J connectivity index is 1.83. The van der Waals surface area contributed by atoms with E-state index in [1.165, 1.54) is 11.1 Å². The van der Waals surface area contributed by atoms with Crippen LogP contribution in [0.3, 0.4) is 0 Å². The Hall–Kier alpha value is -1.85. The molecule has 1 aromatic heterocycles. The Labute approximate surface area is 131 Å². The molecule has 1 aromatic carbocycles. The van der Waals surface area contributed by atoms with Crippen LogP contribution in [0.5, 0.6) is 5.75 Å². The lowest BCUT2D eigenvalue weighted by Gasteiger charge is -2.07. The van der Waals surface area contributed by atoms with Crippen LogP contribution in [-0.4, -0.2) is 35.1 Å². The second-order valence-corrected chi connectivity index (χ2v) is 5.37. The highest BCUT2D eigenvalue weighted by Crippen LogP contribution is 2.13. The monoisotopic (exact) mass is 303 g/mol. The van der Waals surface area contributed by atoms with Gasteiger partial charge >= 0.3 is 0 Å². The van der Waals surface area contributed by atoms with Crippen LogP contribution in [0.2, 0.25) is 0 Å². The second-order valence-electron chi connectivity index (χ2n) is 5.37. The van der Waals surface area contributed by atoms with Gasteiger partial charge in [-0.3, -0.25) is 4.68 Å². The first kappa shape index (κ1) is 16.5. The number of benzene rings is 1. The molecule has 22 heavy (non-hydrogen) atoms. The molecular weight excluding hydrogens is 278 g/mol. The minimum atomic E-state index is 0.117. The first-order valence-electron chi connectivity index (χ1n) is 7.63. The average molecular weight is 303 g/mol. The van der Waals surface area contributed by atoms with E-state index >= 15 is 0 Å². The van der Waals surface area contributed by atoms with Crippen LogP contribution in [0, 0.1) is 13.8 Å². The fraction of sp³-hybridized carbons (Fsp3) is 0.471. The maximum atomic E-state index is 9.04. The van der Waals surface area contributed by atoms with Crippen molar-refractivity contribution in [3.05, 3.63) is 46.8 Å². The predicted molar refractivity (Wildman–Crippen MR) is 87.2 cm³/mol. The predicted octanol–water partition coefficient (Wildman–Crippen LogP) is 1.83. The Morgan fingerprint density at radius 3 is 2.59 bits per heavy atom. The molecule has 0 bridgehead atoms. The lowest BCUT2D eigenvalue weighted by atomic mass is 10.1. The van der Waals surface area contributed by atoms with Crippen molar-refractivity contribution in [2.24, 2.45) is 0 Å². The molecule has 0 saturated heterocycles. The molecular formula is C17H25N3O2. The SMILES string of the molecule is COc1ccc(CCNCc2c(C)nn(CCO)c2C)cc1. The van der Waals surface area contributed by atoms with Gasteiger partial charge in [-0.2, -0.15) is 5.10 Å². The van der Waals surface area contributed by atoms with Crippen molar-refractivity contribution in [3.63, 3.8) is 0 Å². The molecule has 0 radical (unpaired) electrons. The average Bonchev–Trinajstić information content (AvgIpc) is 2.79. The standard InChI is InChI=1S/C17H25N3O2/c1-13-17(14(2)20(19-13)10-11-21)12-18-9-8-15-4-6-16(22-3)7-5-15/h4-7,18,21H,8-12H2,1-3H3. The van der Waals surface area contributed by atoms with Gasteiger partial charge in [0.05, 0.1) is 26.0 Å². The van der Waals surface area contributed by atoms with Crippen molar-refractivity contribution in [2.75, 3.05) is 20.3 Å². The van der Waals surface area contributed by atoms with Crippen molar-refractivity contribution >= 4 is 0 Å². The zero-order valence-electron chi connectivity index (χ0n) is 13.6. The number of nitrogens with one attached hydrogen (secondary N) is 1. The molecule has 2 aromatic rings. The molecule has 2 N–H and O–H groups in total. The maximum absolute atomic E-state index is 9.04. The van der Waals surface area contributed by atoms with Crippen molar-refractivity contribution in [2.45, 2.75) is 33.4 Å². The Morgan fingerprint density at radius 2 is 1.95 bits per heavy atom. The highest BCUT2D eigenvalue weighted by atomic mass is 16.5. The van der Waals surface area contributed by atoms with Crippen molar-refractivity contribution in [3.8, 4) is 5.75 Å².